The fourth-order valence-corrected chi connectivity index (χ4v) is 1.59. The zero-order chi connectivity index (χ0) is 13.7. The molecule has 0 aliphatic rings. The van der Waals surface area contributed by atoms with Gasteiger partial charge < -0.3 is 15.2 Å². The van der Waals surface area contributed by atoms with Crippen molar-refractivity contribution in [2.45, 2.75) is 13.0 Å². The van der Waals surface area contributed by atoms with Gasteiger partial charge in [0.1, 0.15) is 17.5 Å². The summed E-state index contributed by atoms with van der Waals surface area (Å²) in [5.41, 5.74) is 0.711. The van der Waals surface area contributed by atoms with Crippen LogP contribution in [0.15, 0.2) is 54.6 Å². The molecule has 0 aliphatic heterocycles. The molecule has 0 spiro atoms. The molecule has 0 radical (unpaired) electrons. The average Bonchev–Trinajstić information content (AvgIpc) is 2.40. The van der Waals surface area contributed by atoms with Crippen LogP contribution in [-0.2, 0) is 4.79 Å². The number of hydrogen-bond acceptors (Lipinski definition) is 3. The van der Waals surface area contributed by atoms with Gasteiger partial charge in [-0.2, -0.15) is 0 Å². The van der Waals surface area contributed by atoms with E-state index in [1.165, 1.54) is 0 Å². The van der Waals surface area contributed by atoms with Crippen molar-refractivity contribution in [3.05, 3.63) is 54.6 Å². The van der Waals surface area contributed by atoms with Crippen LogP contribution in [0.5, 0.6) is 11.5 Å². The summed E-state index contributed by atoms with van der Waals surface area (Å²) >= 11 is 0. The van der Waals surface area contributed by atoms with Crippen molar-refractivity contribution < 1.29 is 14.6 Å². The first-order chi connectivity index (χ1) is 9.15. The normalized spacial score (nSPS) is 11.6. The van der Waals surface area contributed by atoms with Gasteiger partial charge in [-0.25, -0.2) is 0 Å². The predicted octanol–water partition coefficient (Wildman–Crippen LogP) is 3.36. The monoisotopic (exact) mass is 257 g/mol. The molecule has 19 heavy (non-hydrogen) atoms. The second-order valence-corrected chi connectivity index (χ2v) is 4.15. The number of para-hydroxylation sites is 1. The third-order valence-corrected chi connectivity index (χ3v) is 2.57. The molecule has 0 amide bonds. The van der Waals surface area contributed by atoms with Crippen LogP contribution in [0.4, 0.5) is 5.69 Å². The molecule has 4 heteroatoms. The number of anilines is 1. The van der Waals surface area contributed by atoms with E-state index in [4.69, 9.17) is 9.84 Å². The third-order valence-electron chi connectivity index (χ3n) is 2.57. The summed E-state index contributed by atoms with van der Waals surface area (Å²) in [7, 11) is 0. The fourth-order valence-electron chi connectivity index (χ4n) is 1.59. The second kappa shape index (κ2) is 5.91. The number of carboxylic acid groups (broad SMARTS) is 1. The van der Waals surface area contributed by atoms with Crippen molar-refractivity contribution in [1.82, 2.24) is 0 Å². The molecule has 1 unspecified atom stereocenters. The van der Waals surface area contributed by atoms with Crippen LogP contribution in [0.1, 0.15) is 6.92 Å². The highest BCUT2D eigenvalue weighted by Crippen LogP contribution is 2.24. The van der Waals surface area contributed by atoms with Crippen molar-refractivity contribution >= 4 is 11.7 Å². The number of carbonyl (C=O) groups is 1. The first-order valence-corrected chi connectivity index (χ1v) is 5.97. The number of nitrogens with one attached hydrogen (secondary N) is 1. The molecule has 1 atom stereocenters. The minimum Gasteiger partial charge on any atom is -0.480 e. The molecule has 2 aromatic rings. The Balaban J connectivity index is 2.09. The van der Waals surface area contributed by atoms with Gasteiger partial charge in [-0.3, -0.25) is 4.79 Å². The van der Waals surface area contributed by atoms with Crippen molar-refractivity contribution in [1.29, 1.82) is 0 Å². The first-order valence-electron chi connectivity index (χ1n) is 5.97. The van der Waals surface area contributed by atoms with E-state index in [1.54, 1.807) is 19.1 Å². The summed E-state index contributed by atoms with van der Waals surface area (Å²) in [5, 5.41) is 11.7. The van der Waals surface area contributed by atoms with Gasteiger partial charge in [0.15, 0.2) is 0 Å². The molecule has 0 heterocycles. The van der Waals surface area contributed by atoms with Crippen molar-refractivity contribution in [3.8, 4) is 11.5 Å². The van der Waals surface area contributed by atoms with E-state index in [0.717, 1.165) is 5.75 Å². The minimum absolute atomic E-state index is 0.646. The summed E-state index contributed by atoms with van der Waals surface area (Å²) in [6.07, 6.45) is 0. The summed E-state index contributed by atoms with van der Waals surface area (Å²) in [6, 6.07) is 16.0. The van der Waals surface area contributed by atoms with Crippen LogP contribution >= 0.6 is 0 Å². The van der Waals surface area contributed by atoms with E-state index < -0.39 is 12.0 Å². The highest BCUT2D eigenvalue weighted by molar-refractivity contribution is 5.76. The molecule has 98 valence electrons. The van der Waals surface area contributed by atoms with Crippen LogP contribution in [0.25, 0.3) is 0 Å². The Morgan fingerprint density at radius 2 is 1.79 bits per heavy atom. The largest absolute Gasteiger partial charge is 0.480 e. The smallest absolute Gasteiger partial charge is 0.325 e. The maximum atomic E-state index is 10.8. The Labute approximate surface area is 111 Å². The highest BCUT2D eigenvalue weighted by Gasteiger charge is 2.10. The number of aliphatic carboxylic acids is 1. The van der Waals surface area contributed by atoms with Crippen LogP contribution < -0.4 is 10.1 Å². The molecule has 2 N–H and O–H groups in total. The number of ether oxygens (including phenoxy) is 1. The summed E-state index contributed by atoms with van der Waals surface area (Å²) in [4.78, 5) is 10.8. The molecule has 2 rings (SSSR count). The average molecular weight is 257 g/mol. The lowest BCUT2D eigenvalue weighted by molar-refractivity contribution is -0.137. The molecule has 0 aromatic heterocycles. The van der Waals surface area contributed by atoms with Crippen molar-refractivity contribution in [2.75, 3.05) is 5.32 Å². The molecule has 4 nitrogen and oxygen atoms in total. The highest BCUT2D eigenvalue weighted by atomic mass is 16.5. The SMILES string of the molecule is CC(Nc1cccc(Oc2ccccc2)c1)C(=O)O. The standard InChI is InChI=1S/C15H15NO3/c1-11(15(17)18)16-12-6-5-9-14(10-12)19-13-7-3-2-4-8-13/h2-11,16H,1H3,(H,17,18). The lowest BCUT2D eigenvalue weighted by Gasteiger charge is -2.12. The number of carboxylic acids is 1. The van der Waals surface area contributed by atoms with Crippen LogP contribution in [0, 0.1) is 0 Å². The lowest BCUT2D eigenvalue weighted by Crippen LogP contribution is -2.25. The molecular weight excluding hydrogens is 242 g/mol. The van der Waals surface area contributed by atoms with Gasteiger partial charge in [0, 0.05) is 11.8 Å². The lowest BCUT2D eigenvalue weighted by atomic mass is 10.2. The Morgan fingerprint density at radius 1 is 1.11 bits per heavy atom. The first kappa shape index (κ1) is 13.0. The summed E-state index contributed by atoms with van der Waals surface area (Å²) < 4.78 is 5.67. The number of benzene rings is 2. The van der Waals surface area contributed by atoms with Crippen molar-refractivity contribution in [2.24, 2.45) is 0 Å². The van der Waals surface area contributed by atoms with Gasteiger partial charge in [-0.1, -0.05) is 24.3 Å². The van der Waals surface area contributed by atoms with Gasteiger partial charge >= 0.3 is 5.97 Å². The molecular formula is C15H15NO3. The Bertz CT molecular complexity index is 554. The van der Waals surface area contributed by atoms with Gasteiger partial charge in [-0.05, 0) is 31.2 Å². The van der Waals surface area contributed by atoms with Crippen LogP contribution in [-0.4, -0.2) is 17.1 Å². The predicted molar refractivity (Wildman–Crippen MR) is 73.7 cm³/mol. The topological polar surface area (TPSA) is 58.6 Å². The van der Waals surface area contributed by atoms with E-state index in [2.05, 4.69) is 5.32 Å². The van der Waals surface area contributed by atoms with Gasteiger partial charge in [0.25, 0.3) is 0 Å². The quantitative estimate of drug-likeness (QED) is 0.862. The Kier molecular flexibility index (Phi) is 4.03. The zero-order valence-electron chi connectivity index (χ0n) is 10.5. The minimum atomic E-state index is -0.894. The summed E-state index contributed by atoms with van der Waals surface area (Å²) in [6.45, 7) is 1.59. The van der Waals surface area contributed by atoms with E-state index in [-0.39, 0.29) is 0 Å². The molecule has 0 bridgehead atoms. The van der Waals surface area contributed by atoms with Crippen LogP contribution in [0.2, 0.25) is 0 Å². The van der Waals surface area contributed by atoms with Gasteiger partial charge in [0.05, 0.1) is 0 Å². The molecule has 2 aromatic carbocycles. The molecule has 0 saturated heterocycles. The Morgan fingerprint density at radius 3 is 2.47 bits per heavy atom. The van der Waals surface area contributed by atoms with E-state index in [0.29, 0.717) is 11.4 Å². The number of hydrogen-bond donors (Lipinski definition) is 2. The van der Waals surface area contributed by atoms with E-state index in [9.17, 15) is 4.79 Å². The van der Waals surface area contributed by atoms with Crippen LogP contribution in [0.3, 0.4) is 0 Å². The van der Waals surface area contributed by atoms with Crippen molar-refractivity contribution in [3.63, 3.8) is 0 Å². The molecule has 0 fully saturated rings. The third kappa shape index (κ3) is 3.74. The summed E-state index contributed by atoms with van der Waals surface area (Å²) in [5.74, 6) is 0.508. The molecule has 0 aliphatic carbocycles. The van der Waals surface area contributed by atoms with Gasteiger partial charge in [0.2, 0.25) is 0 Å². The van der Waals surface area contributed by atoms with E-state index in [1.807, 2.05) is 42.5 Å². The maximum Gasteiger partial charge on any atom is 0.325 e. The second-order valence-electron chi connectivity index (χ2n) is 4.15. The maximum absolute atomic E-state index is 10.8. The Hall–Kier alpha value is -2.49. The zero-order valence-corrected chi connectivity index (χ0v) is 10.5. The van der Waals surface area contributed by atoms with Gasteiger partial charge in [-0.15, -0.1) is 0 Å². The number of rotatable bonds is 5. The molecule has 0 saturated carbocycles. The van der Waals surface area contributed by atoms with E-state index >= 15 is 0 Å². The fraction of sp³-hybridized carbons (Fsp3) is 0.133.